The number of alkyl halides is 1. The molecule has 53 valence electrons. The maximum atomic E-state index is 12.3. The van der Waals surface area contributed by atoms with Crippen molar-refractivity contribution in [1.82, 2.24) is 0 Å². The van der Waals surface area contributed by atoms with Crippen LogP contribution < -0.4 is 0 Å². The van der Waals surface area contributed by atoms with Gasteiger partial charge in [-0.1, -0.05) is 30.3 Å². The van der Waals surface area contributed by atoms with Crippen molar-refractivity contribution in [1.29, 1.82) is 0 Å². The minimum Gasteiger partial charge on any atom is -0.247 e. The van der Waals surface area contributed by atoms with Gasteiger partial charge in [0, 0.05) is 6.42 Å². The molecule has 0 aliphatic carbocycles. The van der Waals surface area contributed by atoms with Crippen molar-refractivity contribution in [2.24, 2.45) is 0 Å². The molecule has 0 aliphatic heterocycles. The van der Waals surface area contributed by atoms with Crippen LogP contribution in [0.5, 0.6) is 0 Å². The molecule has 1 aromatic rings. The Bertz CT molecular complexity index is 179. The summed E-state index contributed by atoms with van der Waals surface area (Å²) in [4.78, 5) is 0. The average molecular weight is 137 g/mol. The summed E-state index contributed by atoms with van der Waals surface area (Å²) in [6, 6.07) is 9.48. The molecule has 0 aliphatic rings. The number of halogens is 1. The highest BCUT2D eigenvalue weighted by molar-refractivity contribution is 5.23. The first-order valence-corrected chi connectivity index (χ1v) is 3.33. The van der Waals surface area contributed by atoms with E-state index in [0.29, 0.717) is 0 Å². The third-order valence-corrected chi connectivity index (χ3v) is 1.22. The van der Waals surface area contributed by atoms with Crippen molar-refractivity contribution in [2.75, 3.05) is 0 Å². The van der Waals surface area contributed by atoms with Gasteiger partial charge in [0.25, 0.3) is 0 Å². The summed E-state index contributed by atoms with van der Waals surface area (Å²) in [5.41, 5.74) is 0.942. The van der Waals surface area contributed by atoms with E-state index in [2.05, 4.69) is 0 Å². The van der Waals surface area contributed by atoms with Gasteiger partial charge in [0.1, 0.15) is 6.17 Å². The van der Waals surface area contributed by atoms with Gasteiger partial charge in [-0.05, 0) is 12.5 Å². The predicted molar refractivity (Wildman–Crippen MR) is 40.4 cm³/mol. The topological polar surface area (TPSA) is 0 Å². The second-order valence-corrected chi connectivity index (χ2v) is 2.25. The molecule has 1 aromatic carbocycles. The van der Waals surface area contributed by atoms with Gasteiger partial charge in [0.15, 0.2) is 0 Å². The Morgan fingerprint density at radius 2 is 1.90 bits per heavy atom. The molecular weight excluding hydrogens is 127 g/mol. The van der Waals surface area contributed by atoms with Crippen molar-refractivity contribution in [3.8, 4) is 0 Å². The lowest BCUT2D eigenvalue weighted by molar-refractivity contribution is 0.411. The summed E-state index contributed by atoms with van der Waals surface area (Å²) in [7, 11) is 0. The predicted octanol–water partition coefficient (Wildman–Crippen LogP) is 2.60. The number of hydrogen-bond donors (Lipinski definition) is 0. The fourth-order valence-electron chi connectivity index (χ4n) is 0.829. The third-order valence-electron chi connectivity index (χ3n) is 1.22. The SMILES string of the molecule is CC(F)[CH]c1ccccc1. The van der Waals surface area contributed by atoms with Crippen molar-refractivity contribution >= 4 is 0 Å². The first-order chi connectivity index (χ1) is 4.79. The monoisotopic (exact) mass is 137 g/mol. The van der Waals surface area contributed by atoms with Gasteiger partial charge in [0.2, 0.25) is 0 Å². The van der Waals surface area contributed by atoms with Gasteiger partial charge in [0.05, 0.1) is 0 Å². The Labute approximate surface area is 60.7 Å². The van der Waals surface area contributed by atoms with E-state index in [1.807, 2.05) is 30.3 Å². The van der Waals surface area contributed by atoms with Crippen LogP contribution in [0, 0.1) is 6.42 Å². The van der Waals surface area contributed by atoms with Crippen LogP contribution in [-0.2, 0) is 0 Å². The van der Waals surface area contributed by atoms with E-state index in [-0.39, 0.29) is 0 Å². The highest BCUT2D eigenvalue weighted by atomic mass is 19.1. The molecular formula is C9H10F. The van der Waals surface area contributed by atoms with E-state index < -0.39 is 6.17 Å². The number of rotatable bonds is 2. The van der Waals surface area contributed by atoms with Crippen LogP contribution in [0.25, 0.3) is 0 Å². The molecule has 0 saturated carbocycles. The fourth-order valence-corrected chi connectivity index (χ4v) is 0.829. The maximum absolute atomic E-state index is 12.3. The highest BCUT2D eigenvalue weighted by Gasteiger charge is 1.98. The van der Waals surface area contributed by atoms with Crippen LogP contribution in [0.1, 0.15) is 12.5 Å². The van der Waals surface area contributed by atoms with Gasteiger partial charge in [-0.15, -0.1) is 0 Å². The smallest absolute Gasteiger partial charge is 0.105 e. The van der Waals surface area contributed by atoms with Crippen LogP contribution in [0.3, 0.4) is 0 Å². The summed E-state index contributed by atoms with van der Waals surface area (Å²) < 4.78 is 12.3. The molecule has 1 atom stereocenters. The van der Waals surface area contributed by atoms with E-state index >= 15 is 0 Å². The van der Waals surface area contributed by atoms with Crippen LogP contribution in [0.15, 0.2) is 30.3 Å². The van der Waals surface area contributed by atoms with Crippen molar-refractivity contribution in [3.63, 3.8) is 0 Å². The molecule has 0 amide bonds. The zero-order chi connectivity index (χ0) is 7.40. The second kappa shape index (κ2) is 3.35. The Morgan fingerprint density at radius 1 is 1.30 bits per heavy atom. The molecule has 1 heteroatoms. The van der Waals surface area contributed by atoms with Crippen molar-refractivity contribution in [2.45, 2.75) is 13.1 Å². The zero-order valence-electron chi connectivity index (χ0n) is 5.92. The lowest BCUT2D eigenvalue weighted by atomic mass is 10.1. The first kappa shape index (κ1) is 7.26. The standard InChI is InChI=1S/C9H10F/c1-8(10)7-9-5-3-2-4-6-9/h2-8H,1H3. The van der Waals surface area contributed by atoms with Gasteiger partial charge in [-0.25, -0.2) is 4.39 Å². The molecule has 1 radical (unpaired) electrons. The molecule has 0 spiro atoms. The summed E-state index contributed by atoms with van der Waals surface area (Å²) in [5.74, 6) is 0. The lowest BCUT2D eigenvalue weighted by Crippen LogP contribution is -1.93. The Balaban J connectivity index is 2.59. The van der Waals surface area contributed by atoms with Gasteiger partial charge < -0.3 is 0 Å². The van der Waals surface area contributed by atoms with Gasteiger partial charge >= 0.3 is 0 Å². The molecule has 0 aromatic heterocycles. The molecule has 1 rings (SSSR count). The lowest BCUT2D eigenvalue weighted by Gasteiger charge is -1.99. The van der Waals surface area contributed by atoms with E-state index in [1.165, 1.54) is 6.92 Å². The molecule has 1 unspecified atom stereocenters. The summed E-state index contributed by atoms with van der Waals surface area (Å²) in [5, 5.41) is 0. The molecule has 0 saturated heterocycles. The van der Waals surface area contributed by atoms with Crippen LogP contribution in [0.4, 0.5) is 4.39 Å². The first-order valence-electron chi connectivity index (χ1n) is 3.33. The van der Waals surface area contributed by atoms with E-state index in [9.17, 15) is 4.39 Å². The maximum Gasteiger partial charge on any atom is 0.105 e. The van der Waals surface area contributed by atoms with E-state index in [4.69, 9.17) is 0 Å². The molecule has 0 bridgehead atoms. The van der Waals surface area contributed by atoms with Crippen LogP contribution >= 0.6 is 0 Å². The number of hydrogen-bond acceptors (Lipinski definition) is 0. The molecule has 10 heavy (non-hydrogen) atoms. The quantitative estimate of drug-likeness (QED) is 0.587. The van der Waals surface area contributed by atoms with Crippen LogP contribution in [-0.4, -0.2) is 6.17 Å². The van der Waals surface area contributed by atoms with E-state index in [0.717, 1.165) is 5.56 Å². The molecule has 0 nitrogen and oxygen atoms in total. The van der Waals surface area contributed by atoms with Crippen molar-refractivity contribution < 1.29 is 4.39 Å². The summed E-state index contributed by atoms with van der Waals surface area (Å²) in [6.45, 7) is 1.52. The molecule has 0 N–H and O–H groups in total. The molecule has 0 fully saturated rings. The average Bonchev–Trinajstić information content (AvgIpc) is 1.88. The van der Waals surface area contributed by atoms with Crippen LogP contribution in [0.2, 0.25) is 0 Å². The normalized spacial score (nSPS) is 13.0. The highest BCUT2D eigenvalue weighted by Crippen LogP contribution is 2.06. The molecule has 0 heterocycles. The Morgan fingerprint density at radius 3 is 2.40 bits per heavy atom. The van der Waals surface area contributed by atoms with Crippen molar-refractivity contribution in [3.05, 3.63) is 42.3 Å². The number of benzene rings is 1. The largest absolute Gasteiger partial charge is 0.247 e. The Kier molecular flexibility index (Phi) is 2.43. The van der Waals surface area contributed by atoms with Gasteiger partial charge in [-0.2, -0.15) is 0 Å². The Hall–Kier alpha value is -0.850. The minimum atomic E-state index is -0.859. The second-order valence-electron chi connectivity index (χ2n) is 2.25. The fraction of sp³-hybridized carbons (Fsp3) is 0.222. The van der Waals surface area contributed by atoms with Gasteiger partial charge in [-0.3, -0.25) is 0 Å². The third kappa shape index (κ3) is 2.18. The summed E-state index contributed by atoms with van der Waals surface area (Å²) >= 11 is 0. The van der Waals surface area contributed by atoms with E-state index in [1.54, 1.807) is 6.42 Å². The minimum absolute atomic E-state index is 0.859. The summed E-state index contributed by atoms with van der Waals surface area (Å²) in [6.07, 6.45) is 0.724. The zero-order valence-corrected chi connectivity index (χ0v) is 5.92.